The number of primary amides is 1. The monoisotopic (exact) mass is 1010 g/mol. The van der Waals surface area contributed by atoms with Gasteiger partial charge in [0.15, 0.2) is 0 Å². The summed E-state index contributed by atoms with van der Waals surface area (Å²) in [6.45, 7) is 9.54. The molecule has 7 rings (SSSR count). The summed E-state index contributed by atoms with van der Waals surface area (Å²) in [5.74, 6) is -0.154. The summed E-state index contributed by atoms with van der Waals surface area (Å²) < 4.78 is 17.4. The molecule has 0 aliphatic carbocycles. The Morgan fingerprint density at radius 2 is 1.62 bits per heavy atom. The van der Waals surface area contributed by atoms with Gasteiger partial charge in [-0.05, 0) is 78.7 Å². The molecule has 18 heteroatoms. The van der Waals surface area contributed by atoms with Crippen LogP contribution in [0.25, 0.3) is 21.7 Å². The van der Waals surface area contributed by atoms with Gasteiger partial charge < -0.3 is 55.6 Å². The van der Waals surface area contributed by atoms with E-state index in [9.17, 15) is 28.8 Å². The first kappa shape index (κ1) is 50.2. The highest BCUT2D eigenvalue weighted by Crippen LogP contribution is 2.46. The molecule has 0 saturated carbocycles. The van der Waals surface area contributed by atoms with Crippen LogP contribution in [0.15, 0.2) is 78.9 Å². The first-order chi connectivity index (χ1) is 33.2. The van der Waals surface area contributed by atoms with E-state index in [0.717, 1.165) is 40.3 Å². The number of halogens is 1. The number of carbonyl (C=O) groups excluding carboxylic acids is 6. The zero-order chi connectivity index (χ0) is 49.2. The zero-order valence-corrected chi connectivity index (χ0v) is 41.1. The lowest BCUT2D eigenvalue weighted by atomic mass is 9.86. The number of hydrogen-bond donors (Lipinski definition) is 5. The van der Waals surface area contributed by atoms with Crippen LogP contribution in [0, 0.1) is 17.8 Å². The topological polar surface area (TPSA) is 218 Å². The number of fused-ring (bicyclic) bond motifs is 4. The third-order valence-corrected chi connectivity index (χ3v) is 13.7. The number of piperazine rings is 1. The van der Waals surface area contributed by atoms with Gasteiger partial charge in [-0.15, -0.1) is 0 Å². The van der Waals surface area contributed by atoms with Crippen molar-refractivity contribution >= 4 is 84.8 Å². The Balaban J connectivity index is 0.899. The summed E-state index contributed by atoms with van der Waals surface area (Å²) in [4.78, 5) is 86.4. The van der Waals surface area contributed by atoms with E-state index < -0.39 is 24.1 Å². The maximum Gasteiger partial charge on any atom is 0.415 e. The molecule has 0 radical (unpaired) electrons. The molecule has 0 unspecified atom stereocenters. The van der Waals surface area contributed by atoms with Gasteiger partial charge in [0, 0.05) is 96.8 Å². The van der Waals surface area contributed by atoms with Crippen LogP contribution in [0.4, 0.5) is 25.8 Å². The molecular weight excluding hydrogens is 949 g/mol. The smallest absolute Gasteiger partial charge is 0.415 e. The van der Waals surface area contributed by atoms with Crippen molar-refractivity contribution in [3.63, 3.8) is 0 Å². The minimum absolute atomic E-state index is 0.00882. The maximum atomic E-state index is 14.3. The van der Waals surface area contributed by atoms with Crippen molar-refractivity contribution in [3.05, 3.63) is 95.7 Å². The second kappa shape index (κ2) is 23.1. The molecule has 1 saturated heterocycles. The standard InChI is InChI=1S/C51H61BrN8O9/c1-31(2)32(3)44(61)26-34(8-7-17-54-49(53)64)47(62)56-37-13-11-33(12-14-37)30-68-50(65)55-18-23-67-38-15-16-41-35(24-38)25-42(57-41)48(63)60-29-36(28-52)46-40-10-6-5-9-39(40)45(27-43(46)60)69-51(66)59-21-19-58(4)20-22-59/h5-6,9-16,24-25,27,31-32,34,36,57H,7-8,17-23,26,28-30H2,1-4H3,(H,55,65)(H,56,62)(H3,53,54,64)/t32-,34+,36+/m0/s1. The number of ketones is 1. The predicted octanol–water partition coefficient (Wildman–Crippen LogP) is 7.77. The molecule has 6 N–H and O–H groups in total. The minimum Gasteiger partial charge on any atom is -0.492 e. The van der Waals surface area contributed by atoms with E-state index >= 15 is 0 Å². The molecule has 2 aliphatic heterocycles. The Morgan fingerprint density at radius 3 is 2.33 bits per heavy atom. The second-order valence-corrected chi connectivity index (χ2v) is 18.7. The van der Waals surface area contributed by atoms with E-state index in [2.05, 4.69) is 41.8 Å². The van der Waals surface area contributed by atoms with Gasteiger partial charge in [-0.3, -0.25) is 14.4 Å². The molecule has 5 aromatic rings. The molecule has 0 spiro atoms. The van der Waals surface area contributed by atoms with Crippen LogP contribution >= 0.6 is 15.9 Å². The number of urea groups is 1. The lowest BCUT2D eigenvalue weighted by Crippen LogP contribution is -2.48. The van der Waals surface area contributed by atoms with Gasteiger partial charge in [-0.1, -0.05) is 73.1 Å². The van der Waals surface area contributed by atoms with E-state index in [1.807, 2.05) is 70.3 Å². The summed E-state index contributed by atoms with van der Waals surface area (Å²) in [6, 6.07) is 23.1. The van der Waals surface area contributed by atoms with Gasteiger partial charge in [0.05, 0.1) is 12.2 Å². The van der Waals surface area contributed by atoms with Gasteiger partial charge in [0.1, 0.15) is 36.2 Å². The molecule has 1 aromatic heterocycles. The number of nitrogens with zero attached hydrogens (tertiary/aromatic N) is 3. The first-order valence-electron chi connectivity index (χ1n) is 23.4. The van der Waals surface area contributed by atoms with Gasteiger partial charge in [0.2, 0.25) is 5.91 Å². The van der Waals surface area contributed by atoms with Crippen molar-refractivity contribution in [3.8, 4) is 11.5 Å². The number of Topliss-reactive ketones (excluding diaryl/α,β-unsaturated/α-hetero) is 1. The Bertz CT molecular complexity index is 2670. The molecule has 6 amide bonds. The normalized spacial score (nSPS) is 15.7. The van der Waals surface area contributed by atoms with Crippen LogP contribution in [-0.2, 0) is 20.9 Å². The van der Waals surface area contributed by atoms with Gasteiger partial charge in [0.25, 0.3) is 5.91 Å². The average molecular weight is 1010 g/mol. The van der Waals surface area contributed by atoms with Crippen LogP contribution in [0.1, 0.15) is 67.6 Å². The third-order valence-electron chi connectivity index (χ3n) is 12.9. The number of anilines is 2. The van der Waals surface area contributed by atoms with E-state index in [-0.39, 0.29) is 61.5 Å². The van der Waals surface area contributed by atoms with Crippen molar-refractivity contribution < 1.29 is 43.0 Å². The van der Waals surface area contributed by atoms with Crippen molar-refractivity contribution in [2.24, 2.45) is 23.5 Å². The molecule has 69 heavy (non-hydrogen) atoms. The second-order valence-electron chi connectivity index (χ2n) is 18.1. The lowest BCUT2D eigenvalue weighted by molar-refractivity contribution is -0.129. The van der Waals surface area contributed by atoms with E-state index in [1.165, 1.54) is 0 Å². The number of aromatic nitrogens is 1. The number of rotatable bonds is 19. The fourth-order valence-electron chi connectivity index (χ4n) is 8.56. The zero-order valence-electron chi connectivity index (χ0n) is 39.5. The fraction of sp³-hybridized carbons (Fsp3) is 0.412. The Morgan fingerprint density at radius 1 is 0.884 bits per heavy atom. The Labute approximate surface area is 409 Å². The largest absolute Gasteiger partial charge is 0.492 e. The van der Waals surface area contributed by atoms with Crippen LogP contribution in [0.5, 0.6) is 11.5 Å². The number of H-pyrrole nitrogens is 1. The third kappa shape index (κ3) is 12.7. The highest BCUT2D eigenvalue weighted by Gasteiger charge is 2.36. The van der Waals surface area contributed by atoms with E-state index in [4.69, 9.17) is 19.9 Å². The van der Waals surface area contributed by atoms with Crippen LogP contribution in [-0.4, -0.2) is 115 Å². The number of alkyl carbamates (subject to hydrolysis) is 1. The Hall–Kier alpha value is -6.66. The van der Waals surface area contributed by atoms with Gasteiger partial charge in [-0.25, -0.2) is 14.4 Å². The van der Waals surface area contributed by atoms with E-state index in [1.54, 1.807) is 46.2 Å². The lowest BCUT2D eigenvalue weighted by Gasteiger charge is -2.31. The number of aromatic amines is 1. The highest BCUT2D eigenvalue weighted by molar-refractivity contribution is 9.09. The SMILES string of the molecule is CC(C)[C@H](C)C(=O)C[C@@H](CCCNC(N)=O)C(=O)Nc1ccc(COC(=O)NCCOc2ccc3[nH]c(C(=O)N4C[C@@H](CBr)c5c4cc(OC(=O)N4CCN(C)CC4)c4ccccc54)cc3c2)cc1. The number of benzene rings is 4. The van der Waals surface area contributed by atoms with Crippen LogP contribution < -0.4 is 36.1 Å². The number of carbonyl (C=O) groups is 6. The Kier molecular flexibility index (Phi) is 16.8. The maximum absolute atomic E-state index is 14.3. The summed E-state index contributed by atoms with van der Waals surface area (Å²) in [5, 5.41) is 11.2. The molecule has 3 atom stereocenters. The number of hydrogen-bond acceptors (Lipinski definition) is 10. The first-order valence-corrected chi connectivity index (χ1v) is 24.5. The highest BCUT2D eigenvalue weighted by atomic mass is 79.9. The molecule has 0 bridgehead atoms. The molecule has 17 nitrogen and oxygen atoms in total. The van der Waals surface area contributed by atoms with Gasteiger partial charge in [-0.2, -0.15) is 0 Å². The number of likely N-dealkylation sites (N-methyl/N-ethyl adjacent to an activating group) is 1. The molecule has 366 valence electrons. The number of ether oxygens (including phenoxy) is 3. The molecule has 1 fully saturated rings. The number of nitrogens with two attached hydrogens (primary N) is 1. The van der Waals surface area contributed by atoms with Crippen molar-refractivity contribution in [2.45, 2.75) is 52.6 Å². The van der Waals surface area contributed by atoms with Gasteiger partial charge >= 0.3 is 18.2 Å². The molecular formula is C51H61BrN8O9. The molecule has 2 aliphatic rings. The summed E-state index contributed by atoms with van der Waals surface area (Å²) in [7, 11) is 2.03. The summed E-state index contributed by atoms with van der Waals surface area (Å²) in [6.07, 6.45) is -0.0676. The number of nitrogens with one attached hydrogen (secondary N) is 4. The summed E-state index contributed by atoms with van der Waals surface area (Å²) >= 11 is 3.69. The predicted molar refractivity (Wildman–Crippen MR) is 268 cm³/mol. The average Bonchev–Trinajstić information content (AvgIpc) is 3.95. The molecule has 3 heterocycles. The van der Waals surface area contributed by atoms with Crippen molar-refractivity contribution in [2.75, 3.05) is 75.0 Å². The van der Waals surface area contributed by atoms with E-state index in [0.29, 0.717) is 78.5 Å². The van der Waals surface area contributed by atoms with Crippen molar-refractivity contribution in [1.29, 1.82) is 0 Å². The van der Waals surface area contributed by atoms with Crippen LogP contribution in [0.2, 0.25) is 0 Å². The van der Waals surface area contributed by atoms with Crippen molar-refractivity contribution in [1.82, 2.24) is 25.4 Å². The molecule has 4 aromatic carbocycles. The minimum atomic E-state index is -0.645. The number of alkyl halides is 1. The number of amides is 6. The summed E-state index contributed by atoms with van der Waals surface area (Å²) in [5.41, 5.74) is 9.26. The quantitative estimate of drug-likeness (QED) is 0.0400. The van der Waals surface area contributed by atoms with Crippen LogP contribution in [0.3, 0.4) is 0 Å². The fourth-order valence-corrected chi connectivity index (χ4v) is 9.09.